The summed E-state index contributed by atoms with van der Waals surface area (Å²) in [6, 6.07) is 11.8. The second kappa shape index (κ2) is 6.32. The van der Waals surface area contributed by atoms with Crippen LogP contribution >= 0.6 is 0 Å². The fourth-order valence-electron chi connectivity index (χ4n) is 1.90. The van der Waals surface area contributed by atoms with Gasteiger partial charge in [-0.15, -0.1) is 5.10 Å². The highest BCUT2D eigenvalue weighted by Gasteiger charge is 2.10. The van der Waals surface area contributed by atoms with Gasteiger partial charge in [-0.1, -0.05) is 18.2 Å². The molecule has 0 aliphatic rings. The van der Waals surface area contributed by atoms with Crippen molar-refractivity contribution in [3.05, 3.63) is 52.8 Å². The third-order valence-electron chi connectivity index (χ3n) is 2.99. The number of hydrogen-bond donors (Lipinski definition) is 1. The molecule has 0 bridgehead atoms. The number of rotatable bonds is 4. The average molecular weight is 325 g/mol. The molecule has 0 saturated heterocycles. The molecule has 0 aliphatic carbocycles. The third kappa shape index (κ3) is 3.29. The highest BCUT2D eigenvalue weighted by molar-refractivity contribution is 5.35. The van der Waals surface area contributed by atoms with E-state index in [4.69, 9.17) is 10.5 Å². The zero-order chi connectivity index (χ0) is 17.1. The van der Waals surface area contributed by atoms with E-state index in [1.165, 1.54) is 16.8 Å². The van der Waals surface area contributed by atoms with Crippen molar-refractivity contribution in [2.24, 2.45) is 0 Å². The maximum absolute atomic E-state index is 12.0. The molecule has 0 aliphatic heterocycles. The van der Waals surface area contributed by atoms with Crippen LogP contribution in [0.5, 0.6) is 11.9 Å². The molecule has 0 saturated carbocycles. The van der Waals surface area contributed by atoms with Gasteiger partial charge in [0.15, 0.2) is 0 Å². The van der Waals surface area contributed by atoms with Crippen LogP contribution in [0.1, 0.15) is 0 Å². The van der Waals surface area contributed by atoms with Crippen LogP contribution in [0.4, 0.5) is 11.9 Å². The predicted molar refractivity (Wildman–Crippen MR) is 88.5 cm³/mol. The molecule has 3 rings (SSSR count). The van der Waals surface area contributed by atoms with Crippen LogP contribution in [0.2, 0.25) is 0 Å². The van der Waals surface area contributed by atoms with Crippen LogP contribution in [0.15, 0.2) is 47.3 Å². The molecule has 0 fully saturated rings. The van der Waals surface area contributed by atoms with Gasteiger partial charge >= 0.3 is 6.01 Å². The largest absolute Gasteiger partial charge is 0.403 e. The Balaban J connectivity index is 1.96. The van der Waals surface area contributed by atoms with E-state index in [-0.39, 0.29) is 23.4 Å². The minimum atomic E-state index is -0.280. The van der Waals surface area contributed by atoms with Crippen LogP contribution in [0.3, 0.4) is 0 Å². The number of benzene rings is 1. The topological polar surface area (TPSA) is 112 Å². The van der Waals surface area contributed by atoms with E-state index in [0.29, 0.717) is 11.6 Å². The molecule has 3 aromatic rings. The van der Waals surface area contributed by atoms with Crippen molar-refractivity contribution in [3.63, 3.8) is 0 Å². The number of nitrogens with two attached hydrogens (primary N) is 1. The smallest absolute Gasteiger partial charge is 0.330 e. The first-order valence-electron chi connectivity index (χ1n) is 7.05. The van der Waals surface area contributed by atoms with E-state index in [2.05, 4.69) is 20.1 Å². The summed E-state index contributed by atoms with van der Waals surface area (Å²) >= 11 is 0. The number of para-hydroxylation sites is 1. The van der Waals surface area contributed by atoms with Crippen molar-refractivity contribution >= 4 is 11.9 Å². The van der Waals surface area contributed by atoms with Gasteiger partial charge in [-0.05, 0) is 12.1 Å². The Morgan fingerprint density at radius 2 is 1.79 bits per heavy atom. The van der Waals surface area contributed by atoms with E-state index in [0.717, 1.165) is 0 Å². The summed E-state index contributed by atoms with van der Waals surface area (Å²) < 4.78 is 6.76. The minimum absolute atomic E-state index is 0.00281. The van der Waals surface area contributed by atoms with E-state index < -0.39 is 0 Å². The van der Waals surface area contributed by atoms with Gasteiger partial charge in [0.25, 0.3) is 5.56 Å². The highest BCUT2D eigenvalue weighted by Crippen LogP contribution is 2.17. The first-order valence-corrected chi connectivity index (χ1v) is 7.05. The maximum Gasteiger partial charge on any atom is 0.330 e. The summed E-state index contributed by atoms with van der Waals surface area (Å²) in [6.07, 6.45) is 0. The SMILES string of the molecule is CN(C)c1nc(N)nc(Oc2ccc(=O)n(-c3ccccc3)n2)n1. The van der Waals surface area contributed by atoms with Gasteiger partial charge in [0.1, 0.15) is 0 Å². The maximum atomic E-state index is 12.0. The number of ether oxygens (including phenoxy) is 1. The molecule has 0 amide bonds. The Bertz CT molecular complexity index is 909. The summed E-state index contributed by atoms with van der Waals surface area (Å²) in [7, 11) is 3.54. The lowest BCUT2D eigenvalue weighted by atomic mass is 10.3. The molecule has 0 radical (unpaired) electrons. The lowest BCUT2D eigenvalue weighted by molar-refractivity contribution is 0.412. The Labute approximate surface area is 137 Å². The van der Waals surface area contributed by atoms with Crippen LogP contribution in [0, 0.1) is 0 Å². The van der Waals surface area contributed by atoms with Gasteiger partial charge in [-0.2, -0.15) is 19.6 Å². The van der Waals surface area contributed by atoms with Crippen LogP contribution in [-0.4, -0.2) is 38.8 Å². The summed E-state index contributed by atoms with van der Waals surface area (Å²) in [5.74, 6) is 0.544. The Kier molecular flexibility index (Phi) is 4.06. The van der Waals surface area contributed by atoms with Gasteiger partial charge in [-0.3, -0.25) is 4.79 Å². The quantitative estimate of drug-likeness (QED) is 0.751. The van der Waals surface area contributed by atoms with E-state index in [9.17, 15) is 4.79 Å². The van der Waals surface area contributed by atoms with Crippen molar-refractivity contribution in [1.29, 1.82) is 0 Å². The van der Waals surface area contributed by atoms with E-state index in [1.807, 2.05) is 18.2 Å². The fourth-order valence-corrected chi connectivity index (χ4v) is 1.90. The van der Waals surface area contributed by atoms with Crippen molar-refractivity contribution < 1.29 is 4.74 Å². The monoisotopic (exact) mass is 325 g/mol. The van der Waals surface area contributed by atoms with Crippen LogP contribution < -0.4 is 20.9 Å². The summed E-state index contributed by atoms with van der Waals surface area (Å²) in [5.41, 5.74) is 5.99. The molecule has 2 N–H and O–H groups in total. The second-order valence-corrected chi connectivity index (χ2v) is 5.03. The Hall–Kier alpha value is -3.49. The first kappa shape index (κ1) is 15.4. The summed E-state index contributed by atoms with van der Waals surface area (Å²) in [4.78, 5) is 25.7. The first-order chi connectivity index (χ1) is 11.5. The second-order valence-electron chi connectivity index (χ2n) is 5.03. The molecule has 2 heterocycles. The average Bonchev–Trinajstić information content (AvgIpc) is 2.57. The molecule has 2 aromatic heterocycles. The number of nitrogens with zero attached hydrogens (tertiary/aromatic N) is 6. The predicted octanol–water partition coefficient (Wildman–Crippen LogP) is 0.858. The number of nitrogen functional groups attached to an aromatic ring is 1. The van der Waals surface area contributed by atoms with Crippen molar-refractivity contribution in [1.82, 2.24) is 24.7 Å². The molecule has 24 heavy (non-hydrogen) atoms. The Morgan fingerprint density at radius 3 is 2.50 bits per heavy atom. The molecule has 0 spiro atoms. The molecule has 0 unspecified atom stereocenters. The molecule has 9 heteroatoms. The Morgan fingerprint density at radius 1 is 1.04 bits per heavy atom. The number of anilines is 2. The van der Waals surface area contributed by atoms with Gasteiger partial charge in [-0.25, -0.2) is 0 Å². The van der Waals surface area contributed by atoms with Crippen molar-refractivity contribution in [2.45, 2.75) is 0 Å². The third-order valence-corrected chi connectivity index (χ3v) is 2.99. The zero-order valence-corrected chi connectivity index (χ0v) is 13.1. The molecule has 122 valence electrons. The minimum Gasteiger partial charge on any atom is -0.403 e. The lowest BCUT2D eigenvalue weighted by Gasteiger charge is -2.11. The van der Waals surface area contributed by atoms with E-state index >= 15 is 0 Å². The normalized spacial score (nSPS) is 10.4. The number of hydrogen-bond acceptors (Lipinski definition) is 8. The van der Waals surface area contributed by atoms with Crippen molar-refractivity contribution in [2.75, 3.05) is 24.7 Å². The number of aromatic nitrogens is 5. The molecule has 0 atom stereocenters. The molecular weight excluding hydrogens is 310 g/mol. The molecule has 9 nitrogen and oxygen atoms in total. The van der Waals surface area contributed by atoms with E-state index in [1.54, 1.807) is 31.1 Å². The molecule has 1 aromatic carbocycles. The fraction of sp³-hybridized carbons (Fsp3) is 0.133. The zero-order valence-electron chi connectivity index (χ0n) is 13.1. The lowest BCUT2D eigenvalue weighted by Crippen LogP contribution is -2.20. The van der Waals surface area contributed by atoms with Crippen LogP contribution in [0.25, 0.3) is 5.69 Å². The highest BCUT2D eigenvalue weighted by atomic mass is 16.5. The summed E-state index contributed by atoms with van der Waals surface area (Å²) in [6.45, 7) is 0. The van der Waals surface area contributed by atoms with Crippen molar-refractivity contribution in [3.8, 4) is 17.6 Å². The molecular formula is C15H15N7O2. The van der Waals surface area contributed by atoms with Crippen LogP contribution in [-0.2, 0) is 0 Å². The van der Waals surface area contributed by atoms with Gasteiger partial charge in [0.2, 0.25) is 17.8 Å². The van der Waals surface area contributed by atoms with Gasteiger partial charge in [0, 0.05) is 26.2 Å². The summed E-state index contributed by atoms with van der Waals surface area (Å²) in [5, 5.41) is 4.17. The standard InChI is InChI=1S/C15H15N7O2/c1-21(2)14-17-13(16)18-15(19-14)24-11-8-9-12(23)22(20-11)10-6-4-3-5-7-10/h3-9H,1-2H3,(H2,16,17,18,19). The van der Waals surface area contributed by atoms with Gasteiger partial charge < -0.3 is 15.4 Å². The van der Waals surface area contributed by atoms with Gasteiger partial charge in [0.05, 0.1) is 5.69 Å².